The minimum atomic E-state index is -4.67. The van der Waals surface area contributed by atoms with Crippen molar-refractivity contribution >= 4 is 5.97 Å². The van der Waals surface area contributed by atoms with Gasteiger partial charge in [-0.05, 0) is 18.1 Å². The van der Waals surface area contributed by atoms with Gasteiger partial charge in [-0.25, -0.2) is 4.79 Å². The van der Waals surface area contributed by atoms with Gasteiger partial charge < -0.3 is 15.2 Å². The third-order valence-corrected chi connectivity index (χ3v) is 2.21. The molecule has 102 valence electrons. The summed E-state index contributed by atoms with van der Waals surface area (Å²) in [6.45, 7) is -0.0755. The lowest BCUT2D eigenvalue weighted by Gasteiger charge is -2.28. The van der Waals surface area contributed by atoms with Crippen molar-refractivity contribution in [1.29, 1.82) is 0 Å². The maximum absolute atomic E-state index is 13.9. The van der Waals surface area contributed by atoms with Crippen LogP contribution in [0, 0.1) is 0 Å². The van der Waals surface area contributed by atoms with Crippen molar-refractivity contribution in [3.8, 4) is 0 Å². The lowest BCUT2D eigenvalue weighted by Crippen LogP contribution is -2.50. The van der Waals surface area contributed by atoms with E-state index in [4.69, 9.17) is 5.11 Å². The van der Waals surface area contributed by atoms with E-state index in [1.807, 2.05) is 5.32 Å². The maximum atomic E-state index is 13.9. The Morgan fingerprint density at radius 2 is 2.17 bits per heavy atom. The second kappa shape index (κ2) is 4.87. The van der Waals surface area contributed by atoms with Crippen molar-refractivity contribution in [3.63, 3.8) is 0 Å². The van der Waals surface area contributed by atoms with Crippen molar-refractivity contribution in [2.45, 2.75) is 25.3 Å². The highest BCUT2D eigenvalue weighted by Gasteiger charge is 2.47. The quantitative estimate of drug-likeness (QED) is 0.606. The van der Waals surface area contributed by atoms with E-state index < -0.39 is 30.3 Å². The summed E-state index contributed by atoms with van der Waals surface area (Å²) < 4.78 is 54.1. The monoisotopic (exact) mass is 269 g/mol. The molecule has 0 radical (unpaired) electrons. The smallest absolute Gasteiger partial charge is 0.422 e. The highest BCUT2D eigenvalue weighted by Crippen LogP contribution is 2.29. The molecule has 2 N–H and O–H groups in total. The molecule has 8 heteroatoms. The number of ether oxygens (including phenoxy) is 1. The van der Waals surface area contributed by atoms with Gasteiger partial charge in [0.1, 0.15) is 0 Å². The van der Waals surface area contributed by atoms with Gasteiger partial charge in [-0.15, -0.1) is 0 Å². The Labute approximate surface area is 99.9 Å². The molecule has 4 nitrogen and oxygen atoms in total. The van der Waals surface area contributed by atoms with Crippen LogP contribution in [0.1, 0.15) is 13.3 Å². The second-order valence-corrected chi connectivity index (χ2v) is 3.59. The lowest BCUT2D eigenvalue weighted by molar-refractivity contribution is -0.176. The van der Waals surface area contributed by atoms with Crippen LogP contribution < -0.4 is 5.32 Å². The minimum Gasteiger partial charge on any atom is -0.482 e. The van der Waals surface area contributed by atoms with Gasteiger partial charge in [-0.2, -0.15) is 17.6 Å². The number of hydrogen-bond donors (Lipinski definition) is 2. The number of nitrogens with one attached hydrogen (secondary N) is 1. The van der Waals surface area contributed by atoms with E-state index in [9.17, 15) is 22.4 Å². The number of carboxylic acids is 1. The van der Waals surface area contributed by atoms with Crippen LogP contribution in [0.2, 0.25) is 0 Å². The van der Waals surface area contributed by atoms with Gasteiger partial charge in [-0.3, -0.25) is 0 Å². The molecule has 18 heavy (non-hydrogen) atoms. The number of carboxylic acid groups (broad SMARTS) is 1. The number of halogens is 4. The number of allylic oxidation sites excluding steroid dienone is 2. The Hall–Kier alpha value is -1.73. The van der Waals surface area contributed by atoms with Crippen LogP contribution in [0.3, 0.4) is 0 Å². The van der Waals surface area contributed by atoms with Crippen LogP contribution >= 0.6 is 0 Å². The number of carbonyl (C=O) groups is 1. The fourth-order valence-corrected chi connectivity index (χ4v) is 1.24. The first kappa shape index (κ1) is 14.3. The third-order valence-electron chi connectivity index (χ3n) is 2.21. The van der Waals surface area contributed by atoms with Gasteiger partial charge in [0.15, 0.2) is 12.4 Å². The second-order valence-electron chi connectivity index (χ2n) is 3.59. The standard InChI is InChI=1S/C10H11F4NO3/c1-2-6-3-7(18-5-9(11,12)13)10(14,8(16)17)15-4-6/h3-4,15H,2,5H2,1H3,(H,16,17). The summed E-state index contributed by atoms with van der Waals surface area (Å²) in [5.41, 5.74) is 0.432. The highest BCUT2D eigenvalue weighted by molar-refractivity contribution is 5.81. The van der Waals surface area contributed by atoms with Crippen molar-refractivity contribution in [3.05, 3.63) is 23.6 Å². The van der Waals surface area contributed by atoms with Gasteiger partial charge in [0.25, 0.3) is 0 Å². The van der Waals surface area contributed by atoms with Crippen LogP contribution in [-0.4, -0.2) is 29.7 Å². The minimum absolute atomic E-state index is 0.390. The molecule has 1 rings (SSSR count). The summed E-state index contributed by atoms with van der Waals surface area (Å²) in [5, 5.41) is 10.6. The zero-order chi connectivity index (χ0) is 14.0. The van der Waals surface area contributed by atoms with Crippen LogP contribution in [0.4, 0.5) is 17.6 Å². The molecule has 0 aliphatic carbocycles. The molecular formula is C10H11F4NO3. The summed E-state index contributed by atoms with van der Waals surface area (Å²) in [7, 11) is 0. The molecule has 0 aromatic carbocycles. The predicted molar refractivity (Wildman–Crippen MR) is 53.1 cm³/mol. The normalized spacial score (nSPS) is 23.8. The maximum Gasteiger partial charge on any atom is 0.422 e. The van der Waals surface area contributed by atoms with Gasteiger partial charge in [-0.1, -0.05) is 6.92 Å². The number of alkyl halides is 4. The number of dihydropyridines is 1. The molecule has 1 unspecified atom stereocenters. The molecule has 1 aliphatic heterocycles. The fraction of sp³-hybridized carbons (Fsp3) is 0.500. The van der Waals surface area contributed by atoms with Crippen LogP contribution in [0.25, 0.3) is 0 Å². The molecule has 0 fully saturated rings. The Morgan fingerprint density at radius 3 is 2.61 bits per heavy atom. The summed E-state index contributed by atoms with van der Waals surface area (Å²) >= 11 is 0. The van der Waals surface area contributed by atoms with E-state index in [-0.39, 0.29) is 0 Å². The Bertz CT molecular complexity index is 402. The van der Waals surface area contributed by atoms with E-state index in [2.05, 4.69) is 4.74 Å². The molecule has 0 aromatic rings. The molecule has 0 aromatic heterocycles. The van der Waals surface area contributed by atoms with E-state index in [1.54, 1.807) is 6.92 Å². The van der Waals surface area contributed by atoms with Crippen molar-refractivity contribution in [1.82, 2.24) is 5.32 Å². The zero-order valence-electron chi connectivity index (χ0n) is 9.34. The van der Waals surface area contributed by atoms with Gasteiger partial charge >= 0.3 is 17.9 Å². The first-order chi connectivity index (χ1) is 8.19. The Morgan fingerprint density at radius 1 is 1.56 bits per heavy atom. The summed E-state index contributed by atoms with van der Waals surface area (Å²) in [5.74, 6) is -6.06. The van der Waals surface area contributed by atoms with Crippen LogP contribution in [-0.2, 0) is 9.53 Å². The zero-order valence-corrected chi connectivity index (χ0v) is 9.34. The molecule has 0 amide bonds. The van der Waals surface area contributed by atoms with E-state index in [1.165, 1.54) is 0 Å². The largest absolute Gasteiger partial charge is 0.482 e. The topological polar surface area (TPSA) is 58.6 Å². The average molecular weight is 269 g/mol. The van der Waals surface area contributed by atoms with Crippen molar-refractivity contribution < 1.29 is 32.2 Å². The number of aliphatic carboxylic acids is 1. The summed E-state index contributed by atoms with van der Waals surface area (Å²) in [6.07, 6.45) is -2.24. The highest BCUT2D eigenvalue weighted by atomic mass is 19.4. The van der Waals surface area contributed by atoms with Crippen molar-refractivity contribution in [2.75, 3.05) is 6.61 Å². The molecular weight excluding hydrogens is 258 g/mol. The summed E-state index contributed by atoms with van der Waals surface area (Å²) in [6, 6.07) is 0. The van der Waals surface area contributed by atoms with Crippen LogP contribution in [0.5, 0.6) is 0 Å². The average Bonchev–Trinajstić information content (AvgIpc) is 2.26. The SMILES string of the molecule is CCC1=CNC(F)(C(=O)O)C(OCC(F)(F)F)=C1. The summed E-state index contributed by atoms with van der Waals surface area (Å²) in [4.78, 5) is 10.7. The van der Waals surface area contributed by atoms with Crippen molar-refractivity contribution in [2.24, 2.45) is 0 Å². The molecule has 0 saturated heterocycles. The molecule has 1 atom stereocenters. The first-order valence-corrected chi connectivity index (χ1v) is 5.00. The van der Waals surface area contributed by atoms with Gasteiger partial charge in [0, 0.05) is 6.20 Å². The van der Waals surface area contributed by atoms with E-state index >= 15 is 0 Å². The first-order valence-electron chi connectivity index (χ1n) is 5.00. The number of hydrogen-bond acceptors (Lipinski definition) is 3. The van der Waals surface area contributed by atoms with E-state index in [0.717, 1.165) is 12.3 Å². The third kappa shape index (κ3) is 3.14. The Balaban J connectivity index is 2.94. The lowest BCUT2D eigenvalue weighted by atomic mass is 10.1. The van der Waals surface area contributed by atoms with Crippen LogP contribution in [0.15, 0.2) is 23.6 Å². The van der Waals surface area contributed by atoms with Gasteiger partial charge in [0.05, 0.1) is 0 Å². The molecule has 0 saturated carbocycles. The molecule has 1 heterocycles. The molecule has 0 bridgehead atoms. The Kier molecular flexibility index (Phi) is 3.88. The fourth-order valence-electron chi connectivity index (χ4n) is 1.24. The molecule has 1 aliphatic rings. The molecule has 0 spiro atoms. The van der Waals surface area contributed by atoms with Gasteiger partial charge in [0.2, 0.25) is 0 Å². The van der Waals surface area contributed by atoms with E-state index in [0.29, 0.717) is 12.0 Å². The number of rotatable bonds is 4. The predicted octanol–water partition coefficient (Wildman–Crippen LogP) is 2.10.